The number of nitrogens with one attached hydrogen (secondary N) is 1. The molecule has 146 valence electrons. The fraction of sp³-hybridized carbons (Fsp3) is 0.474. The van der Waals surface area contributed by atoms with Crippen LogP contribution in [0.25, 0.3) is 0 Å². The van der Waals surface area contributed by atoms with Gasteiger partial charge in [-0.3, -0.25) is 14.5 Å². The van der Waals surface area contributed by atoms with Gasteiger partial charge in [0.05, 0.1) is 25.8 Å². The molecule has 2 aliphatic heterocycles. The molecule has 2 aliphatic rings. The Morgan fingerprint density at radius 2 is 2.29 bits per heavy atom. The van der Waals surface area contributed by atoms with Gasteiger partial charge in [0.25, 0.3) is 5.91 Å². The van der Waals surface area contributed by atoms with Crippen molar-refractivity contribution < 1.29 is 9.63 Å². The van der Waals surface area contributed by atoms with E-state index < -0.39 is 0 Å². The second-order valence-electron chi connectivity index (χ2n) is 6.94. The minimum absolute atomic E-state index is 0.205. The lowest BCUT2D eigenvalue weighted by Crippen LogP contribution is -2.34. The van der Waals surface area contributed by atoms with Gasteiger partial charge in [-0.25, -0.2) is 15.0 Å². The summed E-state index contributed by atoms with van der Waals surface area (Å²) in [4.78, 5) is 28.9. The lowest BCUT2D eigenvalue weighted by atomic mass is 9.94. The largest absolute Gasteiger partial charge is 0.316 e. The molecule has 1 amide bonds. The molecule has 0 aromatic carbocycles. The number of amides is 1. The monoisotopic (exact) mass is 398 g/mol. The Kier molecular flexibility index (Phi) is 5.81. The van der Waals surface area contributed by atoms with E-state index in [4.69, 9.17) is 15.1 Å². The highest BCUT2D eigenvalue weighted by atomic mass is 32.1. The highest BCUT2D eigenvalue weighted by Crippen LogP contribution is 2.27. The van der Waals surface area contributed by atoms with Crippen LogP contribution >= 0.6 is 11.3 Å². The summed E-state index contributed by atoms with van der Waals surface area (Å²) in [6.07, 6.45) is 3.00. The molecule has 2 fully saturated rings. The number of hydrogen-bond donors (Lipinski definition) is 1. The molecule has 1 unspecified atom stereocenters. The Hall–Kier alpha value is -2.54. The van der Waals surface area contributed by atoms with E-state index >= 15 is 0 Å². The van der Waals surface area contributed by atoms with Crippen molar-refractivity contribution in [1.82, 2.24) is 19.9 Å². The third-order valence-electron chi connectivity index (χ3n) is 4.93. The summed E-state index contributed by atoms with van der Waals surface area (Å²) in [5.74, 6) is 0.827. The van der Waals surface area contributed by atoms with Crippen LogP contribution < -0.4 is 5.32 Å². The van der Waals surface area contributed by atoms with Crippen molar-refractivity contribution in [2.45, 2.75) is 25.2 Å². The molecule has 9 heteroatoms. The number of likely N-dealkylation sites (tertiary alicyclic amines) is 1. The van der Waals surface area contributed by atoms with Crippen LogP contribution in [0.15, 0.2) is 23.6 Å². The number of nitrogens with zero attached hydrogens (tertiary/aromatic N) is 5. The number of pyridine rings is 1. The summed E-state index contributed by atoms with van der Waals surface area (Å²) in [6.45, 7) is 3.47. The van der Waals surface area contributed by atoms with Crippen LogP contribution in [0.5, 0.6) is 0 Å². The van der Waals surface area contributed by atoms with Gasteiger partial charge >= 0.3 is 0 Å². The Morgan fingerprint density at radius 3 is 3.11 bits per heavy atom. The molecule has 0 aliphatic carbocycles. The zero-order valence-corrected chi connectivity index (χ0v) is 16.3. The third kappa shape index (κ3) is 4.30. The molecule has 4 heterocycles. The number of hydrogen-bond acceptors (Lipinski definition) is 8. The van der Waals surface area contributed by atoms with Gasteiger partial charge in [-0.1, -0.05) is 6.07 Å². The van der Waals surface area contributed by atoms with Crippen molar-refractivity contribution >= 4 is 28.2 Å². The maximum absolute atomic E-state index is 12.3. The van der Waals surface area contributed by atoms with Crippen LogP contribution in [0.3, 0.4) is 0 Å². The van der Waals surface area contributed by atoms with E-state index in [2.05, 4.69) is 21.3 Å². The van der Waals surface area contributed by atoms with E-state index in [9.17, 15) is 4.79 Å². The standard InChI is InChI=1S/C19H22N6O2S/c20-7-10-24-8-2-4-14(12-24)15-5-1-6-17(21-15)23-19-22-16(13-28-19)18(26)25-9-3-11-27-25/h1,5-6,13-14H,2-4,8-12H2,(H,21,22,23). The van der Waals surface area contributed by atoms with Crippen LogP contribution in [0, 0.1) is 11.3 Å². The SMILES string of the molecule is N#CCN1CCCC(c2cccc(Nc3nc(C(=O)N4CCCO4)cs3)n2)C1. The van der Waals surface area contributed by atoms with Crippen LogP contribution in [0.2, 0.25) is 0 Å². The average molecular weight is 398 g/mol. The molecule has 8 nitrogen and oxygen atoms in total. The van der Waals surface area contributed by atoms with Gasteiger partial charge < -0.3 is 5.32 Å². The first-order valence-electron chi connectivity index (χ1n) is 9.46. The number of hydroxylamine groups is 2. The van der Waals surface area contributed by atoms with Crippen molar-refractivity contribution in [3.05, 3.63) is 35.0 Å². The third-order valence-corrected chi connectivity index (χ3v) is 5.68. The first-order chi connectivity index (χ1) is 13.7. The predicted molar refractivity (Wildman–Crippen MR) is 105 cm³/mol. The molecule has 28 heavy (non-hydrogen) atoms. The van der Waals surface area contributed by atoms with E-state index in [-0.39, 0.29) is 5.91 Å². The van der Waals surface area contributed by atoms with E-state index in [1.807, 2.05) is 18.2 Å². The van der Waals surface area contributed by atoms with Crippen LogP contribution in [-0.4, -0.2) is 58.6 Å². The lowest BCUT2D eigenvalue weighted by Gasteiger charge is -2.30. The van der Waals surface area contributed by atoms with Crippen molar-refractivity contribution in [3.63, 3.8) is 0 Å². The zero-order chi connectivity index (χ0) is 19.3. The number of carbonyl (C=O) groups is 1. The highest BCUT2D eigenvalue weighted by Gasteiger charge is 2.24. The maximum Gasteiger partial charge on any atom is 0.296 e. The topological polar surface area (TPSA) is 94.4 Å². The fourth-order valence-electron chi connectivity index (χ4n) is 3.56. The lowest BCUT2D eigenvalue weighted by molar-refractivity contribution is -0.0771. The summed E-state index contributed by atoms with van der Waals surface area (Å²) in [7, 11) is 0. The normalized spacial score (nSPS) is 20.1. The van der Waals surface area contributed by atoms with E-state index in [1.165, 1.54) is 16.4 Å². The molecule has 2 aromatic rings. The number of piperidine rings is 1. The molecule has 0 saturated carbocycles. The molecular formula is C19H22N6O2S. The Labute approximate surface area is 167 Å². The van der Waals surface area contributed by atoms with Gasteiger partial charge in [0, 0.05) is 23.5 Å². The second kappa shape index (κ2) is 8.65. The number of anilines is 2. The van der Waals surface area contributed by atoms with E-state index in [1.54, 1.807) is 5.38 Å². The van der Waals surface area contributed by atoms with E-state index in [0.717, 1.165) is 38.0 Å². The van der Waals surface area contributed by atoms with Crippen LogP contribution in [0.1, 0.15) is 41.4 Å². The van der Waals surface area contributed by atoms with Crippen LogP contribution in [-0.2, 0) is 4.84 Å². The number of nitriles is 1. The van der Waals surface area contributed by atoms with Gasteiger partial charge in [0.2, 0.25) is 0 Å². The van der Waals surface area contributed by atoms with Crippen molar-refractivity contribution in [3.8, 4) is 6.07 Å². The average Bonchev–Trinajstić information content (AvgIpc) is 3.41. The smallest absolute Gasteiger partial charge is 0.296 e. The number of carbonyl (C=O) groups excluding carboxylic acids is 1. The van der Waals surface area contributed by atoms with Gasteiger partial charge in [-0.15, -0.1) is 11.3 Å². The first kappa shape index (κ1) is 18.8. The molecular weight excluding hydrogens is 376 g/mol. The first-order valence-corrected chi connectivity index (χ1v) is 10.3. The summed E-state index contributed by atoms with van der Waals surface area (Å²) in [5.41, 5.74) is 1.40. The molecule has 0 bridgehead atoms. The fourth-order valence-corrected chi connectivity index (χ4v) is 4.25. The Morgan fingerprint density at radius 1 is 1.36 bits per heavy atom. The second-order valence-corrected chi connectivity index (χ2v) is 7.80. The highest BCUT2D eigenvalue weighted by molar-refractivity contribution is 7.14. The van der Waals surface area contributed by atoms with Crippen molar-refractivity contribution in [1.29, 1.82) is 5.26 Å². The van der Waals surface area contributed by atoms with Gasteiger partial charge in [-0.2, -0.15) is 5.26 Å². The molecule has 1 N–H and O–H groups in total. The molecule has 1 atom stereocenters. The summed E-state index contributed by atoms with van der Waals surface area (Å²) < 4.78 is 0. The summed E-state index contributed by atoms with van der Waals surface area (Å²) >= 11 is 1.37. The number of aromatic nitrogens is 2. The zero-order valence-electron chi connectivity index (χ0n) is 15.5. The van der Waals surface area contributed by atoms with Gasteiger partial charge in [0.1, 0.15) is 11.5 Å². The predicted octanol–water partition coefficient (Wildman–Crippen LogP) is 2.76. The van der Waals surface area contributed by atoms with Crippen molar-refractivity contribution in [2.24, 2.45) is 0 Å². The molecule has 2 aromatic heterocycles. The summed E-state index contributed by atoms with van der Waals surface area (Å²) in [6, 6.07) is 8.14. The van der Waals surface area contributed by atoms with Crippen LogP contribution in [0.4, 0.5) is 10.9 Å². The maximum atomic E-state index is 12.3. The van der Waals surface area contributed by atoms with Crippen molar-refractivity contribution in [2.75, 3.05) is 38.1 Å². The summed E-state index contributed by atoms with van der Waals surface area (Å²) in [5, 5.41) is 15.9. The quantitative estimate of drug-likeness (QED) is 0.774. The molecule has 2 saturated heterocycles. The Balaban J connectivity index is 1.42. The molecule has 4 rings (SSSR count). The van der Waals surface area contributed by atoms with Gasteiger partial charge in [-0.05, 0) is 37.9 Å². The van der Waals surface area contributed by atoms with E-state index in [0.29, 0.717) is 42.3 Å². The Bertz CT molecular complexity index is 873. The number of thiazole rings is 1. The van der Waals surface area contributed by atoms with Gasteiger partial charge in [0.15, 0.2) is 5.13 Å². The minimum Gasteiger partial charge on any atom is -0.316 e. The molecule has 0 radical (unpaired) electrons. The minimum atomic E-state index is -0.205. The molecule has 0 spiro atoms. The number of rotatable bonds is 5.